The Morgan fingerprint density at radius 1 is 0.885 bits per heavy atom. The van der Waals surface area contributed by atoms with Crippen LogP contribution >= 0.6 is 11.8 Å². The van der Waals surface area contributed by atoms with Crippen LogP contribution in [0.5, 0.6) is 0 Å². The van der Waals surface area contributed by atoms with Crippen molar-refractivity contribution >= 4 is 17.7 Å². The molecule has 0 spiro atoms. The molecule has 0 saturated carbocycles. The first-order valence-electron chi connectivity index (χ1n) is 8.68. The van der Waals surface area contributed by atoms with Gasteiger partial charge in [-0.2, -0.15) is 11.8 Å². The van der Waals surface area contributed by atoms with Crippen molar-refractivity contribution in [1.82, 2.24) is 14.9 Å². The van der Waals surface area contributed by atoms with Crippen molar-refractivity contribution in [2.24, 2.45) is 0 Å². The Kier molecular flexibility index (Phi) is 4.97. The van der Waals surface area contributed by atoms with Crippen LogP contribution in [0.25, 0.3) is 22.6 Å². The summed E-state index contributed by atoms with van der Waals surface area (Å²) in [5.74, 6) is 2.61. The van der Waals surface area contributed by atoms with Crippen molar-refractivity contribution in [3.8, 4) is 22.6 Å². The highest BCUT2D eigenvalue weighted by Gasteiger charge is 2.23. The molecule has 0 bridgehead atoms. The van der Waals surface area contributed by atoms with E-state index in [1.165, 1.54) is 0 Å². The van der Waals surface area contributed by atoms with Crippen LogP contribution in [-0.4, -0.2) is 45.4 Å². The van der Waals surface area contributed by atoms with Gasteiger partial charge in [-0.05, 0) is 0 Å². The number of carbonyl (C=O) groups is 1. The molecule has 0 aliphatic carbocycles. The number of aromatic nitrogens is 2. The average molecular weight is 361 g/mol. The molecule has 2 aromatic carbocycles. The standard InChI is InChI=1S/C21H19N3OS/c25-21(24-11-13-26-14-12-24)18-15-22-20(17-9-5-2-6-10-17)23-19(18)16-7-3-1-4-8-16/h1-10,15H,11-14H2. The molecule has 4 nitrogen and oxygen atoms in total. The smallest absolute Gasteiger partial charge is 0.257 e. The first-order valence-corrected chi connectivity index (χ1v) is 9.83. The lowest BCUT2D eigenvalue weighted by atomic mass is 10.1. The zero-order chi connectivity index (χ0) is 17.8. The second-order valence-electron chi connectivity index (χ2n) is 6.09. The quantitative estimate of drug-likeness (QED) is 0.707. The Bertz CT molecular complexity index is 894. The predicted molar refractivity (Wildman–Crippen MR) is 106 cm³/mol. The Balaban J connectivity index is 1.79. The monoisotopic (exact) mass is 361 g/mol. The van der Waals surface area contributed by atoms with Crippen LogP contribution in [0.2, 0.25) is 0 Å². The van der Waals surface area contributed by atoms with Crippen molar-refractivity contribution in [3.05, 3.63) is 72.4 Å². The molecule has 0 N–H and O–H groups in total. The highest BCUT2D eigenvalue weighted by atomic mass is 32.2. The van der Waals surface area contributed by atoms with Gasteiger partial charge in [-0.3, -0.25) is 4.79 Å². The summed E-state index contributed by atoms with van der Waals surface area (Å²) in [4.78, 5) is 24.2. The van der Waals surface area contributed by atoms with Gasteiger partial charge in [0, 0.05) is 41.9 Å². The molecule has 130 valence electrons. The van der Waals surface area contributed by atoms with E-state index in [1.807, 2.05) is 77.3 Å². The number of carbonyl (C=O) groups excluding carboxylic acids is 1. The number of nitrogens with zero attached hydrogens (tertiary/aromatic N) is 3. The van der Waals surface area contributed by atoms with Crippen LogP contribution in [0.3, 0.4) is 0 Å². The summed E-state index contributed by atoms with van der Waals surface area (Å²) in [5.41, 5.74) is 3.14. The number of thioether (sulfide) groups is 1. The summed E-state index contributed by atoms with van der Waals surface area (Å²) < 4.78 is 0. The van der Waals surface area contributed by atoms with E-state index < -0.39 is 0 Å². The Morgan fingerprint density at radius 2 is 1.50 bits per heavy atom. The molecule has 1 aliphatic heterocycles. The van der Waals surface area contributed by atoms with E-state index >= 15 is 0 Å². The van der Waals surface area contributed by atoms with E-state index in [0.717, 1.165) is 35.7 Å². The third-order valence-corrected chi connectivity index (χ3v) is 5.34. The van der Waals surface area contributed by atoms with Crippen LogP contribution < -0.4 is 0 Å². The zero-order valence-corrected chi connectivity index (χ0v) is 15.2. The van der Waals surface area contributed by atoms with Crippen molar-refractivity contribution in [2.75, 3.05) is 24.6 Å². The van der Waals surface area contributed by atoms with Gasteiger partial charge in [0.05, 0.1) is 11.3 Å². The highest BCUT2D eigenvalue weighted by Crippen LogP contribution is 2.26. The maximum atomic E-state index is 13.1. The summed E-state index contributed by atoms with van der Waals surface area (Å²) in [7, 11) is 0. The Morgan fingerprint density at radius 3 is 2.15 bits per heavy atom. The molecule has 1 aliphatic rings. The lowest BCUT2D eigenvalue weighted by molar-refractivity contribution is 0.0772. The lowest BCUT2D eigenvalue weighted by Gasteiger charge is -2.27. The largest absolute Gasteiger partial charge is 0.337 e. The van der Waals surface area contributed by atoms with Gasteiger partial charge < -0.3 is 4.90 Å². The maximum absolute atomic E-state index is 13.1. The average Bonchev–Trinajstić information content (AvgIpc) is 2.75. The van der Waals surface area contributed by atoms with Gasteiger partial charge in [0.1, 0.15) is 0 Å². The van der Waals surface area contributed by atoms with Gasteiger partial charge in [-0.1, -0.05) is 60.7 Å². The summed E-state index contributed by atoms with van der Waals surface area (Å²) >= 11 is 1.89. The number of hydrogen-bond acceptors (Lipinski definition) is 4. The molecule has 3 aromatic rings. The number of amides is 1. The van der Waals surface area contributed by atoms with Gasteiger partial charge in [0.2, 0.25) is 0 Å². The Labute approximate surface area is 157 Å². The van der Waals surface area contributed by atoms with Gasteiger partial charge in [-0.25, -0.2) is 9.97 Å². The van der Waals surface area contributed by atoms with Crippen molar-refractivity contribution in [2.45, 2.75) is 0 Å². The fraction of sp³-hybridized carbons (Fsp3) is 0.190. The van der Waals surface area contributed by atoms with E-state index in [0.29, 0.717) is 17.1 Å². The van der Waals surface area contributed by atoms with Crippen LogP contribution in [0.1, 0.15) is 10.4 Å². The summed E-state index contributed by atoms with van der Waals surface area (Å²) in [5, 5.41) is 0. The highest BCUT2D eigenvalue weighted by molar-refractivity contribution is 7.99. The van der Waals surface area contributed by atoms with Gasteiger partial charge in [0.25, 0.3) is 5.91 Å². The molecular formula is C21H19N3OS. The third kappa shape index (κ3) is 3.48. The zero-order valence-electron chi connectivity index (χ0n) is 14.3. The lowest BCUT2D eigenvalue weighted by Crippen LogP contribution is -2.38. The normalized spacial score (nSPS) is 14.2. The molecule has 1 fully saturated rings. The molecule has 0 unspecified atom stereocenters. The number of hydrogen-bond donors (Lipinski definition) is 0. The van der Waals surface area contributed by atoms with E-state index in [1.54, 1.807) is 6.20 Å². The van der Waals surface area contributed by atoms with Crippen molar-refractivity contribution < 1.29 is 4.79 Å². The molecule has 4 rings (SSSR count). The summed E-state index contributed by atoms with van der Waals surface area (Å²) in [6.07, 6.45) is 1.68. The number of benzene rings is 2. The van der Waals surface area contributed by atoms with Crippen molar-refractivity contribution in [1.29, 1.82) is 0 Å². The minimum Gasteiger partial charge on any atom is -0.337 e. The fourth-order valence-electron chi connectivity index (χ4n) is 3.02. The van der Waals surface area contributed by atoms with Crippen LogP contribution in [0.4, 0.5) is 0 Å². The molecule has 1 aromatic heterocycles. The minimum absolute atomic E-state index is 0.0174. The first-order chi connectivity index (χ1) is 12.8. The fourth-order valence-corrected chi connectivity index (χ4v) is 3.92. The molecule has 0 atom stereocenters. The van der Waals surface area contributed by atoms with E-state index in [2.05, 4.69) is 4.98 Å². The summed E-state index contributed by atoms with van der Waals surface area (Å²) in [6.45, 7) is 1.55. The predicted octanol–water partition coefficient (Wildman–Crippen LogP) is 4.00. The molecule has 1 amide bonds. The van der Waals surface area contributed by atoms with E-state index in [-0.39, 0.29) is 5.91 Å². The molecule has 2 heterocycles. The molecule has 1 saturated heterocycles. The SMILES string of the molecule is O=C(c1cnc(-c2ccccc2)nc1-c1ccccc1)N1CCSCC1. The van der Waals surface area contributed by atoms with E-state index in [9.17, 15) is 4.79 Å². The molecule has 0 radical (unpaired) electrons. The third-order valence-electron chi connectivity index (χ3n) is 4.40. The van der Waals surface area contributed by atoms with Crippen LogP contribution in [0.15, 0.2) is 66.9 Å². The van der Waals surface area contributed by atoms with Gasteiger partial charge >= 0.3 is 0 Å². The second-order valence-corrected chi connectivity index (χ2v) is 7.32. The Hall–Kier alpha value is -2.66. The van der Waals surface area contributed by atoms with Crippen LogP contribution in [-0.2, 0) is 0 Å². The molecule has 5 heteroatoms. The van der Waals surface area contributed by atoms with Crippen LogP contribution in [0, 0.1) is 0 Å². The van der Waals surface area contributed by atoms with E-state index in [4.69, 9.17) is 4.98 Å². The molecular weight excluding hydrogens is 342 g/mol. The number of rotatable bonds is 3. The minimum atomic E-state index is 0.0174. The van der Waals surface area contributed by atoms with Crippen molar-refractivity contribution in [3.63, 3.8) is 0 Å². The van der Waals surface area contributed by atoms with Gasteiger partial charge in [0.15, 0.2) is 5.82 Å². The summed E-state index contributed by atoms with van der Waals surface area (Å²) in [6, 6.07) is 19.7. The maximum Gasteiger partial charge on any atom is 0.257 e. The first kappa shape index (κ1) is 16.8. The van der Waals surface area contributed by atoms with Gasteiger partial charge in [-0.15, -0.1) is 0 Å². The topological polar surface area (TPSA) is 46.1 Å². The molecule has 26 heavy (non-hydrogen) atoms. The second kappa shape index (κ2) is 7.70.